The van der Waals surface area contributed by atoms with Crippen LogP contribution >= 0.6 is 0 Å². The van der Waals surface area contributed by atoms with E-state index in [1.54, 1.807) is 25.0 Å². The maximum absolute atomic E-state index is 12.7. The third-order valence-corrected chi connectivity index (χ3v) is 4.15. The van der Waals surface area contributed by atoms with Gasteiger partial charge >= 0.3 is 0 Å². The second-order valence-electron chi connectivity index (χ2n) is 5.66. The predicted molar refractivity (Wildman–Crippen MR) is 96.1 cm³/mol. The fourth-order valence-electron chi connectivity index (χ4n) is 2.83. The second-order valence-corrected chi connectivity index (χ2v) is 5.66. The molecule has 4 rings (SSSR count). The lowest BCUT2D eigenvalue weighted by Crippen LogP contribution is -2.19. The first-order valence-electron chi connectivity index (χ1n) is 7.84. The van der Waals surface area contributed by atoms with Crippen LogP contribution in [-0.2, 0) is 7.05 Å². The minimum Gasteiger partial charge on any atom is -0.497 e. The first kappa shape index (κ1) is 15.1. The number of hydrogen-bond acceptors (Lipinski definition) is 4. The van der Waals surface area contributed by atoms with Crippen LogP contribution in [0.1, 0.15) is 0 Å². The SMILES string of the molecule is COc1ccc(-c2nn(-c3ccccc3)c3cnn(C)c(=O)c23)cc1. The minimum atomic E-state index is -0.175. The average molecular weight is 332 g/mol. The van der Waals surface area contributed by atoms with Crippen LogP contribution in [0.5, 0.6) is 5.75 Å². The van der Waals surface area contributed by atoms with Crippen molar-refractivity contribution in [2.24, 2.45) is 7.05 Å². The molecule has 2 aromatic heterocycles. The van der Waals surface area contributed by atoms with Crippen LogP contribution < -0.4 is 10.3 Å². The summed E-state index contributed by atoms with van der Waals surface area (Å²) in [5.74, 6) is 0.755. The Morgan fingerprint density at radius 1 is 1.00 bits per heavy atom. The summed E-state index contributed by atoms with van der Waals surface area (Å²) in [5.41, 5.74) is 2.86. The smallest absolute Gasteiger partial charge is 0.278 e. The van der Waals surface area contributed by atoms with Crippen LogP contribution in [0.25, 0.3) is 27.8 Å². The van der Waals surface area contributed by atoms with E-state index in [1.165, 1.54) is 4.68 Å². The lowest BCUT2D eigenvalue weighted by atomic mass is 10.1. The molecule has 6 nitrogen and oxygen atoms in total. The summed E-state index contributed by atoms with van der Waals surface area (Å²) in [4.78, 5) is 12.7. The van der Waals surface area contributed by atoms with Crippen molar-refractivity contribution >= 4 is 10.9 Å². The number of ether oxygens (including phenoxy) is 1. The van der Waals surface area contributed by atoms with Gasteiger partial charge in [-0.1, -0.05) is 18.2 Å². The van der Waals surface area contributed by atoms with Crippen molar-refractivity contribution in [1.29, 1.82) is 0 Å². The normalized spacial score (nSPS) is 11.0. The molecule has 2 aromatic carbocycles. The number of hydrogen-bond donors (Lipinski definition) is 0. The lowest BCUT2D eigenvalue weighted by Gasteiger charge is -2.02. The van der Waals surface area contributed by atoms with E-state index in [1.807, 2.05) is 54.6 Å². The Bertz CT molecular complexity index is 1100. The first-order valence-corrected chi connectivity index (χ1v) is 7.84. The Morgan fingerprint density at radius 2 is 1.72 bits per heavy atom. The van der Waals surface area contributed by atoms with Gasteiger partial charge in [0.15, 0.2) is 0 Å². The van der Waals surface area contributed by atoms with Crippen LogP contribution in [0, 0.1) is 0 Å². The van der Waals surface area contributed by atoms with Crippen molar-refractivity contribution < 1.29 is 4.74 Å². The highest BCUT2D eigenvalue weighted by Crippen LogP contribution is 2.28. The minimum absolute atomic E-state index is 0.175. The molecule has 0 unspecified atom stereocenters. The van der Waals surface area contributed by atoms with Gasteiger partial charge in [-0.05, 0) is 36.4 Å². The van der Waals surface area contributed by atoms with Gasteiger partial charge < -0.3 is 4.74 Å². The highest BCUT2D eigenvalue weighted by atomic mass is 16.5. The number of para-hydroxylation sites is 1. The first-order chi connectivity index (χ1) is 12.2. The highest BCUT2D eigenvalue weighted by molar-refractivity contribution is 5.93. The van der Waals surface area contributed by atoms with Gasteiger partial charge in [0.1, 0.15) is 17.0 Å². The van der Waals surface area contributed by atoms with Crippen molar-refractivity contribution in [3.05, 3.63) is 71.1 Å². The summed E-state index contributed by atoms with van der Waals surface area (Å²) < 4.78 is 8.29. The molecule has 0 spiro atoms. The lowest BCUT2D eigenvalue weighted by molar-refractivity contribution is 0.415. The zero-order valence-electron chi connectivity index (χ0n) is 13.9. The van der Waals surface area contributed by atoms with Gasteiger partial charge in [-0.3, -0.25) is 4.79 Å². The quantitative estimate of drug-likeness (QED) is 0.579. The third kappa shape index (κ3) is 2.48. The predicted octanol–water partition coefficient (Wildman–Crippen LogP) is 2.79. The number of rotatable bonds is 3. The molecule has 0 aliphatic carbocycles. The zero-order chi connectivity index (χ0) is 17.4. The van der Waals surface area contributed by atoms with E-state index in [9.17, 15) is 4.79 Å². The fourth-order valence-corrected chi connectivity index (χ4v) is 2.83. The molecule has 2 heterocycles. The number of fused-ring (bicyclic) bond motifs is 1. The van der Waals surface area contributed by atoms with Crippen molar-refractivity contribution in [3.63, 3.8) is 0 Å². The molecule has 4 aromatic rings. The Balaban J connectivity index is 2.03. The Morgan fingerprint density at radius 3 is 2.40 bits per heavy atom. The van der Waals surface area contributed by atoms with Crippen molar-refractivity contribution in [3.8, 4) is 22.7 Å². The number of aryl methyl sites for hydroxylation is 1. The van der Waals surface area contributed by atoms with Crippen LogP contribution in [0.15, 0.2) is 65.6 Å². The number of nitrogens with zero attached hydrogens (tertiary/aromatic N) is 4. The summed E-state index contributed by atoms with van der Waals surface area (Å²) in [7, 11) is 3.26. The second kappa shape index (κ2) is 5.90. The fraction of sp³-hybridized carbons (Fsp3) is 0.105. The van der Waals surface area contributed by atoms with Gasteiger partial charge in [-0.15, -0.1) is 0 Å². The van der Waals surface area contributed by atoms with Gasteiger partial charge in [0.25, 0.3) is 5.56 Å². The Kier molecular flexibility index (Phi) is 3.57. The molecule has 0 aliphatic rings. The molecule has 0 saturated heterocycles. The Labute approximate surface area is 143 Å². The molecule has 0 atom stereocenters. The molecular weight excluding hydrogens is 316 g/mol. The van der Waals surface area contributed by atoms with Gasteiger partial charge in [-0.25, -0.2) is 9.36 Å². The summed E-state index contributed by atoms with van der Waals surface area (Å²) in [6.45, 7) is 0. The monoisotopic (exact) mass is 332 g/mol. The van der Waals surface area contributed by atoms with Crippen molar-refractivity contribution in [1.82, 2.24) is 19.6 Å². The summed E-state index contributed by atoms with van der Waals surface area (Å²) in [5, 5.41) is 9.41. The summed E-state index contributed by atoms with van der Waals surface area (Å²) in [6.07, 6.45) is 1.67. The largest absolute Gasteiger partial charge is 0.497 e. The average Bonchev–Trinajstić information content (AvgIpc) is 3.06. The van der Waals surface area contributed by atoms with Gasteiger partial charge in [0.05, 0.1) is 24.4 Å². The zero-order valence-corrected chi connectivity index (χ0v) is 13.9. The molecule has 6 heteroatoms. The third-order valence-electron chi connectivity index (χ3n) is 4.15. The van der Waals surface area contributed by atoms with Crippen LogP contribution in [0.2, 0.25) is 0 Å². The molecule has 0 N–H and O–H groups in total. The Hall–Kier alpha value is -3.41. The molecular formula is C19H16N4O2. The maximum Gasteiger partial charge on any atom is 0.278 e. The van der Waals surface area contributed by atoms with Crippen LogP contribution in [0.4, 0.5) is 0 Å². The van der Waals surface area contributed by atoms with E-state index in [2.05, 4.69) is 5.10 Å². The molecule has 0 saturated carbocycles. The van der Waals surface area contributed by atoms with E-state index in [4.69, 9.17) is 9.84 Å². The van der Waals surface area contributed by atoms with Crippen LogP contribution in [0.3, 0.4) is 0 Å². The standard InChI is InChI=1S/C19H16N4O2/c1-22-19(24)17-16(12-20-22)23(14-6-4-3-5-7-14)21-18(17)13-8-10-15(25-2)11-9-13/h3-12H,1-2H3. The summed E-state index contributed by atoms with van der Waals surface area (Å²) >= 11 is 0. The molecule has 25 heavy (non-hydrogen) atoms. The van der Waals surface area contributed by atoms with Gasteiger partial charge in [0, 0.05) is 12.6 Å². The van der Waals surface area contributed by atoms with E-state index in [0.29, 0.717) is 16.6 Å². The van der Waals surface area contributed by atoms with Gasteiger partial charge in [0.2, 0.25) is 0 Å². The van der Waals surface area contributed by atoms with E-state index in [0.717, 1.165) is 17.0 Å². The molecule has 0 bridgehead atoms. The molecule has 0 radical (unpaired) electrons. The number of benzene rings is 2. The highest BCUT2D eigenvalue weighted by Gasteiger charge is 2.18. The van der Waals surface area contributed by atoms with E-state index < -0.39 is 0 Å². The number of methoxy groups -OCH3 is 1. The number of aromatic nitrogens is 4. The van der Waals surface area contributed by atoms with E-state index >= 15 is 0 Å². The van der Waals surface area contributed by atoms with E-state index in [-0.39, 0.29) is 5.56 Å². The maximum atomic E-state index is 12.7. The van der Waals surface area contributed by atoms with Gasteiger partial charge in [-0.2, -0.15) is 10.2 Å². The topological polar surface area (TPSA) is 61.9 Å². The molecule has 124 valence electrons. The van der Waals surface area contributed by atoms with Crippen molar-refractivity contribution in [2.75, 3.05) is 7.11 Å². The molecule has 0 fully saturated rings. The molecule has 0 aliphatic heterocycles. The van der Waals surface area contributed by atoms with Crippen LogP contribution in [-0.4, -0.2) is 26.7 Å². The van der Waals surface area contributed by atoms with Crippen molar-refractivity contribution in [2.45, 2.75) is 0 Å². The molecule has 0 amide bonds. The summed E-state index contributed by atoms with van der Waals surface area (Å²) in [6, 6.07) is 17.2.